The number of aromatic nitrogens is 5. The van der Waals surface area contributed by atoms with E-state index in [1.807, 2.05) is 24.1 Å². The molecule has 0 unspecified atom stereocenters. The van der Waals surface area contributed by atoms with Crippen LogP contribution in [0, 0.1) is 5.92 Å². The number of nitrogens with zero attached hydrogens (tertiary/aromatic N) is 6. The van der Waals surface area contributed by atoms with E-state index in [9.17, 15) is 4.79 Å². The van der Waals surface area contributed by atoms with Gasteiger partial charge >= 0.3 is 0 Å². The maximum atomic E-state index is 11.5. The van der Waals surface area contributed by atoms with Gasteiger partial charge in [0.25, 0.3) is 0 Å². The molecule has 1 atom stereocenters. The molecule has 1 N–H and O–H groups in total. The van der Waals surface area contributed by atoms with Crippen molar-refractivity contribution >= 4 is 11.9 Å². The van der Waals surface area contributed by atoms with Gasteiger partial charge in [0.05, 0.1) is 12.4 Å². The van der Waals surface area contributed by atoms with E-state index >= 15 is 0 Å². The molecule has 2 aromatic rings. The Labute approximate surface area is 141 Å². The molecule has 0 saturated carbocycles. The van der Waals surface area contributed by atoms with Crippen LogP contribution in [0.1, 0.15) is 38.6 Å². The maximum Gasteiger partial charge on any atom is 0.227 e. The highest BCUT2D eigenvalue weighted by molar-refractivity contribution is 5.77. The van der Waals surface area contributed by atoms with Crippen molar-refractivity contribution in [2.45, 2.75) is 32.7 Å². The van der Waals surface area contributed by atoms with E-state index in [4.69, 9.17) is 0 Å². The quantitative estimate of drug-likeness (QED) is 0.883. The predicted octanol–water partition coefficient (Wildman–Crippen LogP) is 0.973. The number of amides is 1. The Balaban J connectivity index is 1.88. The van der Waals surface area contributed by atoms with Gasteiger partial charge in [-0.3, -0.25) is 9.36 Å². The standard InChI is InChI=1S/C16H25N7O/c1-12(2)10-13(23-8-5-17-11-23)15-19-20-16(21(15)3)22-7-4-14(24)18-6-9-22/h5,8,11-13H,4,6-7,9-10H2,1-3H3,(H,18,24)/t13-/m1/s1. The minimum Gasteiger partial charge on any atom is -0.354 e. The number of carbonyl (C=O) groups is 1. The smallest absolute Gasteiger partial charge is 0.227 e. The highest BCUT2D eigenvalue weighted by Crippen LogP contribution is 2.26. The molecule has 130 valence electrons. The summed E-state index contributed by atoms with van der Waals surface area (Å²) in [5, 5.41) is 11.8. The van der Waals surface area contributed by atoms with Crippen LogP contribution in [-0.4, -0.2) is 49.9 Å². The zero-order valence-electron chi connectivity index (χ0n) is 14.5. The molecule has 8 heteroatoms. The van der Waals surface area contributed by atoms with Crippen molar-refractivity contribution < 1.29 is 4.79 Å². The molecule has 1 saturated heterocycles. The number of hydrogen-bond donors (Lipinski definition) is 1. The highest BCUT2D eigenvalue weighted by atomic mass is 16.1. The van der Waals surface area contributed by atoms with Crippen LogP contribution in [0.25, 0.3) is 0 Å². The van der Waals surface area contributed by atoms with Crippen LogP contribution in [0.3, 0.4) is 0 Å². The van der Waals surface area contributed by atoms with Crippen molar-refractivity contribution in [1.82, 2.24) is 29.6 Å². The molecule has 8 nitrogen and oxygen atoms in total. The summed E-state index contributed by atoms with van der Waals surface area (Å²) in [5.41, 5.74) is 0. The van der Waals surface area contributed by atoms with E-state index in [2.05, 4.69) is 43.8 Å². The molecule has 3 rings (SSSR count). The predicted molar refractivity (Wildman–Crippen MR) is 90.7 cm³/mol. The molecule has 0 spiro atoms. The van der Waals surface area contributed by atoms with Crippen LogP contribution in [0.5, 0.6) is 0 Å². The van der Waals surface area contributed by atoms with Crippen molar-refractivity contribution in [2.24, 2.45) is 13.0 Å². The molecule has 1 aliphatic rings. The van der Waals surface area contributed by atoms with Crippen LogP contribution in [-0.2, 0) is 11.8 Å². The molecule has 1 aliphatic heterocycles. The number of rotatable bonds is 5. The fraction of sp³-hybridized carbons (Fsp3) is 0.625. The van der Waals surface area contributed by atoms with Gasteiger partial charge in [0.15, 0.2) is 5.82 Å². The van der Waals surface area contributed by atoms with Crippen LogP contribution in [0.4, 0.5) is 5.95 Å². The number of anilines is 1. The highest BCUT2D eigenvalue weighted by Gasteiger charge is 2.25. The lowest BCUT2D eigenvalue weighted by Crippen LogP contribution is -2.30. The summed E-state index contributed by atoms with van der Waals surface area (Å²) in [7, 11) is 2.00. The molecule has 0 aromatic carbocycles. The van der Waals surface area contributed by atoms with Gasteiger partial charge in [0.2, 0.25) is 11.9 Å². The maximum absolute atomic E-state index is 11.5. The molecule has 3 heterocycles. The summed E-state index contributed by atoms with van der Waals surface area (Å²) in [6, 6.07) is 0.102. The van der Waals surface area contributed by atoms with E-state index in [0.717, 1.165) is 24.7 Å². The number of imidazole rings is 1. The first kappa shape index (κ1) is 16.5. The van der Waals surface area contributed by atoms with Gasteiger partial charge < -0.3 is 14.8 Å². The van der Waals surface area contributed by atoms with E-state index in [-0.39, 0.29) is 11.9 Å². The number of nitrogens with one attached hydrogen (secondary N) is 1. The summed E-state index contributed by atoms with van der Waals surface area (Å²) < 4.78 is 4.13. The zero-order chi connectivity index (χ0) is 17.1. The first-order valence-electron chi connectivity index (χ1n) is 8.44. The molecular formula is C16H25N7O. The van der Waals surface area contributed by atoms with Gasteiger partial charge in [0, 0.05) is 45.5 Å². The molecule has 0 radical (unpaired) electrons. The second-order valence-electron chi connectivity index (χ2n) is 6.66. The van der Waals surface area contributed by atoms with Gasteiger partial charge in [-0.1, -0.05) is 13.8 Å². The Hall–Kier alpha value is -2.38. The third-order valence-corrected chi connectivity index (χ3v) is 4.36. The zero-order valence-corrected chi connectivity index (χ0v) is 14.5. The normalized spacial score (nSPS) is 17.0. The molecule has 24 heavy (non-hydrogen) atoms. The molecule has 1 fully saturated rings. The summed E-state index contributed by atoms with van der Waals surface area (Å²) in [6.07, 6.45) is 7.03. The Morgan fingerprint density at radius 1 is 1.29 bits per heavy atom. The lowest BCUT2D eigenvalue weighted by atomic mass is 10.0. The van der Waals surface area contributed by atoms with Crippen molar-refractivity contribution in [3.63, 3.8) is 0 Å². The molecule has 1 amide bonds. The van der Waals surface area contributed by atoms with Crippen LogP contribution < -0.4 is 10.2 Å². The first-order chi connectivity index (χ1) is 11.6. The van der Waals surface area contributed by atoms with Crippen LogP contribution in [0.15, 0.2) is 18.7 Å². The summed E-state index contributed by atoms with van der Waals surface area (Å²) in [4.78, 5) is 17.8. The van der Waals surface area contributed by atoms with Gasteiger partial charge in [-0.25, -0.2) is 4.98 Å². The Morgan fingerprint density at radius 2 is 2.12 bits per heavy atom. The average Bonchev–Trinajstić information content (AvgIpc) is 3.14. The summed E-state index contributed by atoms with van der Waals surface area (Å²) in [6.45, 7) is 6.45. The number of carbonyl (C=O) groups excluding carboxylic acids is 1. The van der Waals surface area contributed by atoms with Gasteiger partial charge in [-0.15, -0.1) is 10.2 Å². The Bertz CT molecular complexity index is 677. The first-order valence-corrected chi connectivity index (χ1v) is 8.44. The fourth-order valence-electron chi connectivity index (χ4n) is 3.13. The molecule has 2 aromatic heterocycles. The minimum absolute atomic E-state index is 0.0935. The van der Waals surface area contributed by atoms with Crippen LogP contribution >= 0.6 is 0 Å². The van der Waals surface area contributed by atoms with E-state index < -0.39 is 0 Å². The van der Waals surface area contributed by atoms with Crippen molar-refractivity contribution in [2.75, 3.05) is 24.5 Å². The van der Waals surface area contributed by atoms with Crippen LogP contribution in [0.2, 0.25) is 0 Å². The lowest BCUT2D eigenvalue weighted by molar-refractivity contribution is -0.120. The van der Waals surface area contributed by atoms with Crippen molar-refractivity contribution in [3.8, 4) is 0 Å². The lowest BCUT2D eigenvalue weighted by Gasteiger charge is -2.23. The second-order valence-corrected chi connectivity index (χ2v) is 6.66. The third kappa shape index (κ3) is 3.42. The topological polar surface area (TPSA) is 80.9 Å². The summed E-state index contributed by atoms with van der Waals surface area (Å²) >= 11 is 0. The van der Waals surface area contributed by atoms with E-state index in [1.54, 1.807) is 6.20 Å². The Morgan fingerprint density at radius 3 is 2.83 bits per heavy atom. The number of hydrogen-bond acceptors (Lipinski definition) is 5. The molecule has 0 aliphatic carbocycles. The van der Waals surface area contributed by atoms with Gasteiger partial charge in [0.1, 0.15) is 0 Å². The SMILES string of the molecule is CC(C)C[C@H](c1nnc(N2CCNC(=O)CC2)n1C)n1ccnc1. The molecular weight excluding hydrogens is 306 g/mol. The Kier molecular flexibility index (Phi) is 4.82. The largest absolute Gasteiger partial charge is 0.354 e. The third-order valence-electron chi connectivity index (χ3n) is 4.36. The van der Waals surface area contributed by atoms with E-state index in [0.29, 0.717) is 25.4 Å². The average molecular weight is 331 g/mol. The fourth-order valence-corrected chi connectivity index (χ4v) is 3.13. The summed E-state index contributed by atoms with van der Waals surface area (Å²) in [5.74, 6) is 2.35. The molecule has 0 bridgehead atoms. The monoisotopic (exact) mass is 331 g/mol. The van der Waals surface area contributed by atoms with Gasteiger partial charge in [-0.2, -0.15) is 0 Å². The van der Waals surface area contributed by atoms with Crippen molar-refractivity contribution in [3.05, 3.63) is 24.5 Å². The van der Waals surface area contributed by atoms with E-state index in [1.165, 1.54) is 0 Å². The second kappa shape index (κ2) is 7.02. The van der Waals surface area contributed by atoms with Gasteiger partial charge in [-0.05, 0) is 12.3 Å². The minimum atomic E-state index is 0.0935. The van der Waals surface area contributed by atoms with Crippen molar-refractivity contribution in [1.29, 1.82) is 0 Å².